The zero-order chi connectivity index (χ0) is 10.9. The average molecular weight is 307 g/mol. The van der Waals surface area contributed by atoms with E-state index in [0.717, 1.165) is 12.1 Å². The molecule has 0 atom stereocenters. The van der Waals surface area contributed by atoms with E-state index in [0.29, 0.717) is 6.07 Å². The number of hydrogen-bond donors (Lipinski definition) is 1. The molecular formula is C6H4AsNNa2O6. The second-order valence-corrected chi connectivity index (χ2v) is 5.60. The van der Waals surface area contributed by atoms with Crippen LogP contribution in [0.5, 0.6) is 5.75 Å². The first-order chi connectivity index (χ1) is 6.32. The van der Waals surface area contributed by atoms with Crippen molar-refractivity contribution in [2.24, 2.45) is 0 Å². The van der Waals surface area contributed by atoms with Crippen LogP contribution in [-0.2, 0) is 3.74 Å². The number of aromatic hydroxyl groups is 1. The molecule has 0 saturated carbocycles. The molecule has 16 heavy (non-hydrogen) atoms. The van der Waals surface area contributed by atoms with Gasteiger partial charge in [0.05, 0.1) is 0 Å². The third-order valence-electron chi connectivity index (χ3n) is 1.47. The van der Waals surface area contributed by atoms with Crippen LogP contribution in [0.4, 0.5) is 5.69 Å². The number of phenols is 1. The number of nitrogens with zero attached hydrogens (tertiary/aromatic N) is 1. The molecule has 1 aromatic carbocycles. The Morgan fingerprint density at radius 3 is 2.12 bits per heavy atom. The summed E-state index contributed by atoms with van der Waals surface area (Å²) in [4.78, 5) is 9.29. The maximum atomic E-state index is 10.5. The number of nitro benzene ring substituents is 1. The fraction of sp³-hybridized carbons (Fsp3) is 0. The van der Waals surface area contributed by atoms with Crippen LogP contribution < -0.4 is 71.7 Å². The summed E-state index contributed by atoms with van der Waals surface area (Å²) in [5, 5.41) is 19.2. The van der Waals surface area contributed by atoms with E-state index in [1.54, 1.807) is 0 Å². The zero-order valence-electron chi connectivity index (χ0n) is 8.61. The summed E-state index contributed by atoms with van der Waals surface area (Å²) in [6.45, 7) is 0. The van der Waals surface area contributed by atoms with Gasteiger partial charge in [0.1, 0.15) is 0 Å². The third-order valence-corrected chi connectivity index (χ3v) is 3.38. The topological polar surface area (TPSA) is 127 Å². The van der Waals surface area contributed by atoms with Gasteiger partial charge in [-0.25, -0.2) is 0 Å². The summed E-state index contributed by atoms with van der Waals surface area (Å²) in [6.07, 6.45) is 0. The Kier molecular flexibility index (Phi) is 8.58. The van der Waals surface area contributed by atoms with E-state index >= 15 is 0 Å². The fourth-order valence-corrected chi connectivity index (χ4v) is 1.96. The van der Waals surface area contributed by atoms with Gasteiger partial charge in [0.25, 0.3) is 0 Å². The smallest absolute Gasteiger partial charge is 1.00 e. The van der Waals surface area contributed by atoms with Gasteiger partial charge >= 0.3 is 139 Å². The molecule has 1 rings (SSSR count). The van der Waals surface area contributed by atoms with Gasteiger partial charge in [-0.3, -0.25) is 0 Å². The zero-order valence-corrected chi connectivity index (χ0v) is 14.5. The first-order valence-corrected chi connectivity index (χ1v) is 6.56. The number of nitro groups is 1. The molecule has 0 spiro atoms. The van der Waals surface area contributed by atoms with Crippen LogP contribution >= 0.6 is 0 Å². The van der Waals surface area contributed by atoms with Gasteiger partial charge < -0.3 is 0 Å². The molecule has 0 bridgehead atoms. The van der Waals surface area contributed by atoms with E-state index in [1.165, 1.54) is 0 Å². The Bertz CT molecular complexity index is 433. The monoisotopic (exact) mass is 307 g/mol. The molecule has 7 nitrogen and oxygen atoms in total. The molecule has 0 aromatic heterocycles. The number of hydrogen-bond acceptors (Lipinski definition) is 6. The third kappa shape index (κ3) is 4.91. The van der Waals surface area contributed by atoms with Gasteiger partial charge in [0, 0.05) is 0 Å². The molecule has 76 valence electrons. The van der Waals surface area contributed by atoms with Crippen LogP contribution in [0.2, 0.25) is 0 Å². The second-order valence-electron chi connectivity index (χ2n) is 2.43. The summed E-state index contributed by atoms with van der Waals surface area (Å²) in [6, 6.07) is 2.19. The van der Waals surface area contributed by atoms with Crippen LogP contribution in [0, 0.1) is 10.1 Å². The Morgan fingerprint density at radius 1 is 1.25 bits per heavy atom. The van der Waals surface area contributed by atoms with Crippen molar-refractivity contribution in [3.05, 3.63) is 28.3 Å². The number of rotatable bonds is 2. The van der Waals surface area contributed by atoms with Crippen molar-refractivity contribution in [1.29, 1.82) is 0 Å². The average Bonchev–Trinajstić information content (AvgIpc) is 2.02. The maximum absolute atomic E-state index is 10.5. The Morgan fingerprint density at radius 2 is 1.75 bits per heavy atom. The van der Waals surface area contributed by atoms with Crippen molar-refractivity contribution in [2.75, 3.05) is 0 Å². The van der Waals surface area contributed by atoms with Crippen LogP contribution in [0.1, 0.15) is 0 Å². The van der Waals surface area contributed by atoms with Crippen LogP contribution in [0.15, 0.2) is 18.2 Å². The van der Waals surface area contributed by atoms with Crippen LogP contribution in [-0.4, -0.2) is 24.2 Å². The van der Waals surface area contributed by atoms with Gasteiger partial charge in [-0.2, -0.15) is 0 Å². The Labute approximate surface area is 138 Å². The van der Waals surface area contributed by atoms with Gasteiger partial charge in [-0.15, -0.1) is 0 Å². The second kappa shape index (κ2) is 7.20. The Hall–Kier alpha value is 0.698. The standard InChI is InChI=1S/C6H6AsNO6.2Na/c9-6-2-1-4(7(10,11)12)3-5(6)8(13)14;;/h1-3,9H,(H2,10,11,12);;/q;2*+1/p-2. The minimum atomic E-state index is -5.63. The van der Waals surface area contributed by atoms with Crippen molar-refractivity contribution in [1.82, 2.24) is 0 Å². The van der Waals surface area contributed by atoms with Crippen molar-refractivity contribution in [3.8, 4) is 5.75 Å². The molecule has 0 heterocycles. The van der Waals surface area contributed by atoms with Crippen LogP contribution in [0.25, 0.3) is 0 Å². The molecule has 10 heteroatoms. The predicted octanol–water partition coefficient (Wildman–Crippen LogP) is -8.39. The molecule has 0 aliphatic heterocycles. The predicted molar refractivity (Wildman–Crippen MR) is 40.8 cm³/mol. The summed E-state index contributed by atoms with van der Waals surface area (Å²) in [5.74, 6) is -0.678. The molecule has 0 saturated heterocycles. The molecular weight excluding hydrogens is 303 g/mol. The van der Waals surface area contributed by atoms with E-state index in [-0.39, 0.29) is 59.1 Å². The number of benzene rings is 1. The first-order valence-electron chi connectivity index (χ1n) is 3.32. The Balaban J connectivity index is 0. The van der Waals surface area contributed by atoms with E-state index in [9.17, 15) is 22.0 Å². The molecule has 0 amide bonds. The first kappa shape index (κ1) is 19.0. The van der Waals surface area contributed by atoms with E-state index in [4.69, 9.17) is 5.11 Å². The van der Waals surface area contributed by atoms with Crippen LogP contribution in [0.3, 0.4) is 0 Å². The minimum absolute atomic E-state index is 0. The van der Waals surface area contributed by atoms with Crippen molar-refractivity contribution in [2.45, 2.75) is 0 Å². The van der Waals surface area contributed by atoms with E-state index in [2.05, 4.69) is 0 Å². The van der Waals surface area contributed by atoms with Crippen molar-refractivity contribution < 1.29 is 81.1 Å². The molecule has 0 fully saturated rings. The maximum Gasteiger partial charge on any atom is 1.00 e. The molecule has 0 aliphatic carbocycles. The summed E-state index contributed by atoms with van der Waals surface area (Å²) < 4.78 is 31.0. The largest absolute Gasteiger partial charge is 1.00 e. The van der Waals surface area contributed by atoms with Gasteiger partial charge in [-0.05, 0) is 0 Å². The summed E-state index contributed by atoms with van der Waals surface area (Å²) in [5.41, 5.74) is -0.796. The van der Waals surface area contributed by atoms with Gasteiger partial charge in [-0.1, -0.05) is 0 Å². The van der Waals surface area contributed by atoms with E-state index < -0.39 is 34.9 Å². The quantitative estimate of drug-likeness (QED) is 0.328. The normalized spacial score (nSPS) is 9.88. The van der Waals surface area contributed by atoms with Crippen molar-refractivity contribution >= 4 is 24.2 Å². The summed E-state index contributed by atoms with van der Waals surface area (Å²) in [7, 11) is 0. The molecule has 0 radical (unpaired) electrons. The fourth-order valence-electron chi connectivity index (χ4n) is 0.828. The summed E-state index contributed by atoms with van der Waals surface area (Å²) >= 11 is -5.63. The molecule has 0 aliphatic rings. The van der Waals surface area contributed by atoms with Gasteiger partial charge in [0.15, 0.2) is 0 Å². The molecule has 1 aromatic rings. The van der Waals surface area contributed by atoms with Crippen molar-refractivity contribution in [3.63, 3.8) is 0 Å². The van der Waals surface area contributed by atoms with Gasteiger partial charge in [0.2, 0.25) is 0 Å². The molecule has 0 unspecified atom stereocenters. The SMILES string of the molecule is O=[N+]([O-])c1cc([As](=O)([O-])[O-])ccc1O.[Na+].[Na+]. The number of phenolic OH excluding ortho intramolecular Hbond substituents is 1. The molecule has 1 N–H and O–H groups in total. The minimum Gasteiger partial charge on any atom is 1.00 e. The van der Waals surface area contributed by atoms with E-state index in [1.807, 2.05) is 0 Å².